The molecule has 0 aliphatic carbocycles. The first-order valence-electron chi connectivity index (χ1n) is 13.0. The molecule has 0 radical (unpaired) electrons. The Morgan fingerprint density at radius 2 is 1.31 bits per heavy atom. The van der Waals surface area contributed by atoms with Gasteiger partial charge in [-0.15, -0.1) is 0 Å². The number of benzene rings is 3. The molecule has 0 saturated heterocycles. The van der Waals surface area contributed by atoms with Crippen molar-refractivity contribution in [2.24, 2.45) is 0 Å². The van der Waals surface area contributed by atoms with Crippen molar-refractivity contribution in [3.63, 3.8) is 0 Å². The summed E-state index contributed by atoms with van der Waals surface area (Å²) in [5.74, 6) is 0.119. The predicted molar refractivity (Wildman–Crippen MR) is 148 cm³/mol. The molecule has 0 heterocycles. The smallest absolute Gasteiger partial charge is 0.160 e. The van der Waals surface area contributed by atoms with E-state index in [1.165, 1.54) is 24.8 Å². The highest BCUT2D eigenvalue weighted by atomic mass is 35.5. The first-order chi connectivity index (χ1) is 17.5. The number of aromatic hydroxyl groups is 3. The maximum absolute atomic E-state index is 10.4. The number of unbranched alkanes of at least 4 members (excludes halogenated alkanes) is 3. The Balaban J connectivity index is 1.26. The van der Waals surface area contributed by atoms with Gasteiger partial charge in [-0.2, -0.15) is 0 Å². The summed E-state index contributed by atoms with van der Waals surface area (Å²) < 4.78 is 0. The monoisotopic (exact) mass is 510 g/mol. The molecule has 0 amide bonds. The molecular weight excluding hydrogens is 472 g/mol. The number of hydrogen-bond donors (Lipinski definition) is 5. The van der Waals surface area contributed by atoms with E-state index in [2.05, 4.69) is 22.8 Å². The third-order valence-electron chi connectivity index (χ3n) is 6.46. The van der Waals surface area contributed by atoms with Crippen LogP contribution in [0.15, 0.2) is 60.7 Å². The largest absolute Gasteiger partial charge is 0.508 e. The summed E-state index contributed by atoms with van der Waals surface area (Å²) in [4.78, 5) is 0. The maximum atomic E-state index is 10.4. The minimum Gasteiger partial charge on any atom is -0.508 e. The fourth-order valence-electron chi connectivity index (χ4n) is 4.37. The Kier molecular flexibility index (Phi) is 11.9. The van der Waals surface area contributed by atoms with Crippen LogP contribution in [-0.2, 0) is 25.7 Å². The van der Waals surface area contributed by atoms with Crippen LogP contribution in [0, 0.1) is 0 Å². The van der Waals surface area contributed by atoms with Crippen LogP contribution >= 0.6 is 11.6 Å². The van der Waals surface area contributed by atoms with E-state index < -0.39 is 0 Å². The first-order valence-corrected chi connectivity index (χ1v) is 13.4. The zero-order valence-electron chi connectivity index (χ0n) is 21.0. The number of hydrogen-bond acceptors (Lipinski definition) is 5. The van der Waals surface area contributed by atoms with E-state index >= 15 is 0 Å². The van der Waals surface area contributed by atoms with Crippen LogP contribution in [0.1, 0.15) is 47.9 Å². The highest BCUT2D eigenvalue weighted by molar-refractivity contribution is 6.30. The Hall–Kier alpha value is -2.73. The van der Waals surface area contributed by atoms with Crippen LogP contribution in [0.25, 0.3) is 0 Å². The zero-order valence-corrected chi connectivity index (χ0v) is 21.7. The van der Waals surface area contributed by atoms with Crippen LogP contribution < -0.4 is 10.6 Å². The Bertz CT molecular complexity index is 1060. The SMILES string of the molecule is Oc1cccc(CCc2c(CCNCCCCCCNCCc3ccc(Cl)cc3)ccc(O)c2O)c1. The zero-order chi connectivity index (χ0) is 25.6. The molecule has 3 aromatic carbocycles. The average molecular weight is 511 g/mol. The van der Waals surface area contributed by atoms with Crippen molar-refractivity contribution in [1.82, 2.24) is 10.6 Å². The number of aryl methyl sites for hydroxylation is 1. The molecule has 0 aliphatic heterocycles. The third kappa shape index (κ3) is 9.73. The molecule has 0 atom stereocenters. The molecular formula is C30H39ClN2O3. The fraction of sp³-hybridized carbons (Fsp3) is 0.400. The van der Waals surface area contributed by atoms with Crippen molar-refractivity contribution in [2.75, 3.05) is 26.2 Å². The van der Waals surface area contributed by atoms with E-state index in [1.54, 1.807) is 18.2 Å². The summed E-state index contributed by atoms with van der Waals surface area (Å²) in [7, 11) is 0. The molecule has 6 heteroatoms. The van der Waals surface area contributed by atoms with Gasteiger partial charge in [0.1, 0.15) is 5.75 Å². The van der Waals surface area contributed by atoms with Gasteiger partial charge in [0.2, 0.25) is 0 Å². The minimum absolute atomic E-state index is 0.0329. The maximum Gasteiger partial charge on any atom is 0.160 e. The second-order valence-electron chi connectivity index (χ2n) is 9.28. The number of phenols is 3. The highest BCUT2D eigenvalue weighted by Crippen LogP contribution is 2.32. The molecule has 0 bridgehead atoms. The highest BCUT2D eigenvalue weighted by Gasteiger charge is 2.12. The molecule has 194 valence electrons. The van der Waals surface area contributed by atoms with Crippen molar-refractivity contribution in [2.45, 2.75) is 51.4 Å². The second kappa shape index (κ2) is 15.4. The molecule has 0 saturated carbocycles. The molecule has 0 aliphatic rings. The van der Waals surface area contributed by atoms with Gasteiger partial charge in [-0.3, -0.25) is 0 Å². The van der Waals surface area contributed by atoms with E-state index in [0.717, 1.165) is 67.2 Å². The van der Waals surface area contributed by atoms with Crippen LogP contribution in [0.4, 0.5) is 0 Å². The van der Waals surface area contributed by atoms with Crippen molar-refractivity contribution in [3.8, 4) is 17.2 Å². The third-order valence-corrected chi connectivity index (χ3v) is 6.72. The summed E-state index contributed by atoms with van der Waals surface area (Å²) >= 11 is 5.92. The standard InChI is InChI=1S/C30H39ClN2O3/c31-26-12-8-23(9-13-26)16-20-32-18-3-1-2-4-19-33-21-17-25-11-15-29(35)30(36)28(25)14-10-24-6-5-7-27(34)22-24/h5-9,11-13,15,22,32-36H,1-4,10,14,16-21H2. The lowest BCUT2D eigenvalue weighted by molar-refractivity contribution is 0.398. The molecule has 0 unspecified atom stereocenters. The van der Waals surface area contributed by atoms with Crippen LogP contribution in [0.5, 0.6) is 17.2 Å². The van der Waals surface area contributed by atoms with Gasteiger partial charge in [0.05, 0.1) is 0 Å². The van der Waals surface area contributed by atoms with Crippen molar-refractivity contribution < 1.29 is 15.3 Å². The van der Waals surface area contributed by atoms with Crippen LogP contribution in [-0.4, -0.2) is 41.5 Å². The van der Waals surface area contributed by atoms with Gasteiger partial charge in [-0.25, -0.2) is 0 Å². The van der Waals surface area contributed by atoms with Crippen LogP contribution in [0.2, 0.25) is 5.02 Å². The molecule has 0 fully saturated rings. The molecule has 3 aromatic rings. The lowest BCUT2D eigenvalue weighted by Crippen LogP contribution is -2.20. The Morgan fingerprint density at radius 3 is 2.00 bits per heavy atom. The normalized spacial score (nSPS) is 11.1. The summed E-state index contributed by atoms with van der Waals surface area (Å²) in [6, 6.07) is 18.7. The van der Waals surface area contributed by atoms with Gasteiger partial charge in [-0.1, -0.05) is 54.8 Å². The van der Waals surface area contributed by atoms with Gasteiger partial charge in [-0.05, 0) is 112 Å². The van der Waals surface area contributed by atoms with Crippen molar-refractivity contribution >= 4 is 11.6 Å². The molecule has 36 heavy (non-hydrogen) atoms. The number of nitrogens with one attached hydrogen (secondary N) is 2. The Labute approximate surface area is 220 Å². The van der Waals surface area contributed by atoms with Gasteiger partial charge in [0.15, 0.2) is 11.5 Å². The summed E-state index contributed by atoms with van der Waals surface area (Å²) in [5.41, 5.74) is 4.13. The second-order valence-corrected chi connectivity index (χ2v) is 9.72. The van der Waals surface area contributed by atoms with Gasteiger partial charge < -0.3 is 26.0 Å². The van der Waals surface area contributed by atoms with E-state index in [-0.39, 0.29) is 17.2 Å². The molecule has 0 aromatic heterocycles. The minimum atomic E-state index is -0.0860. The predicted octanol–water partition coefficient (Wildman–Crippen LogP) is 5.77. The van der Waals surface area contributed by atoms with E-state index in [9.17, 15) is 15.3 Å². The van der Waals surface area contributed by atoms with Gasteiger partial charge in [0.25, 0.3) is 0 Å². The average Bonchev–Trinajstić information content (AvgIpc) is 2.87. The first kappa shape index (κ1) is 27.9. The summed E-state index contributed by atoms with van der Waals surface area (Å²) in [6.07, 6.45) is 7.88. The fourth-order valence-corrected chi connectivity index (χ4v) is 4.50. The lowest BCUT2D eigenvalue weighted by Gasteiger charge is -2.14. The van der Waals surface area contributed by atoms with Crippen LogP contribution in [0.3, 0.4) is 0 Å². The Morgan fingerprint density at radius 1 is 0.611 bits per heavy atom. The molecule has 5 nitrogen and oxygen atoms in total. The van der Waals surface area contributed by atoms with Gasteiger partial charge >= 0.3 is 0 Å². The van der Waals surface area contributed by atoms with Gasteiger partial charge in [0, 0.05) is 10.6 Å². The molecule has 3 rings (SSSR count). The number of phenolic OH excluding ortho intramolecular Hbond substituents is 3. The van der Waals surface area contributed by atoms with E-state index in [1.807, 2.05) is 30.3 Å². The van der Waals surface area contributed by atoms with Crippen molar-refractivity contribution in [3.05, 3.63) is 87.9 Å². The molecule has 0 spiro atoms. The summed E-state index contributed by atoms with van der Waals surface area (Å²) in [6.45, 7) is 3.85. The lowest BCUT2D eigenvalue weighted by atomic mass is 9.96. The van der Waals surface area contributed by atoms with E-state index in [0.29, 0.717) is 12.8 Å². The number of halogens is 1. The summed E-state index contributed by atoms with van der Waals surface area (Å²) in [5, 5.41) is 37.9. The molecule has 5 N–H and O–H groups in total. The quantitative estimate of drug-likeness (QED) is 0.125. The topological polar surface area (TPSA) is 84.8 Å². The van der Waals surface area contributed by atoms with E-state index in [4.69, 9.17) is 11.6 Å². The number of rotatable bonds is 16. The van der Waals surface area contributed by atoms with Crippen molar-refractivity contribution in [1.29, 1.82) is 0 Å².